The highest BCUT2D eigenvalue weighted by Crippen LogP contribution is 2.49. The molecular formula is C18H27NO. The molecule has 2 nitrogen and oxygen atoms in total. The van der Waals surface area contributed by atoms with Gasteiger partial charge in [0.25, 0.3) is 0 Å². The second kappa shape index (κ2) is 5.77. The number of ether oxygens (including phenoxy) is 1. The lowest BCUT2D eigenvalue weighted by Crippen LogP contribution is -2.43. The van der Waals surface area contributed by atoms with Crippen LogP contribution in [0, 0.1) is 5.92 Å². The molecule has 0 radical (unpaired) electrons. The molecule has 1 aromatic rings. The van der Waals surface area contributed by atoms with Crippen molar-refractivity contribution in [2.75, 3.05) is 6.54 Å². The van der Waals surface area contributed by atoms with Crippen molar-refractivity contribution in [2.24, 2.45) is 5.92 Å². The Morgan fingerprint density at radius 2 is 1.85 bits per heavy atom. The van der Waals surface area contributed by atoms with Gasteiger partial charge in [0.05, 0.1) is 6.10 Å². The number of rotatable bonds is 4. The first-order valence-corrected chi connectivity index (χ1v) is 8.23. The smallest absolute Gasteiger partial charge is 0.119 e. The SMILES string of the molecule is CC(C)Oc1ccc(C2(C3CC3)CCCCCN2)cc1. The largest absolute Gasteiger partial charge is 0.491 e. The van der Waals surface area contributed by atoms with E-state index in [1.807, 2.05) is 0 Å². The van der Waals surface area contributed by atoms with Gasteiger partial charge >= 0.3 is 0 Å². The molecule has 0 amide bonds. The van der Waals surface area contributed by atoms with Gasteiger partial charge in [0.15, 0.2) is 0 Å². The van der Waals surface area contributed by atoms with E-state index in [0.29, 0.717) is 0 Å². The van der Waals surface area contributed by atoms with Gasteiger partial charge in [-0.1, -0.05) is 25.0 Å². The van der Waals surface area contributed by atoms with Gasteiger partial charge in [-0.15, -0.1) is 0 Å². The maximum atomic E-state index is 5.77. The molecule has 3 rings (SSSR count). The summed E-state index contributed by atoms with van der Waals surface area (Å²) in [6.45, 7) is 5.32. The molecule has 1 aromatic carbocycles. The second-order valence-corrected chi connectivity index (χ2v) is 6.67. The standard InChI is InChI=1S/C18H27NO/c1-14(2)20-17-10-8-16(9-11-17)18(15-6-7-15)12-4-3-5-13-19-18/h8-11,14-15,19H,3-7,12-13H2,1-2H3. The van der Waals surface area contributed by atoms with Crippen LogP contribution in [0.4, 0.5) is 0 Å². The lowest BCUT2D eigenvalue weighted by atomic mass is 9.81. The van der Waals surface area contributed by atoms with E-state index in [4.69, 9.17) is 4.74 Å². The van der Waals surface area contributed by atoms with Gasteiger partial charge in [0.1, 0.15) is 5.75 Å². The molecule has 2 heteroatoms. The van der Waals surface area contributed by atoms with Crippen molar-refractivity contribution in [3.05, 3.63) is 29.8 Å². The summed E-state index contributed by atoms with van der Waals surface area (Å²) in [5.74, 6) is 1.83. The highest BCUT2D eigenvalue weighted by Gasteiger charge is 2.45. The molecule has 110 valence electrons. The van der Waals surface area contributed by atoms with Crippen LogP contribution in [0.2, 0.25) is 0 Å². The molecular weight excluding hydrogens is 246 g/mol. The molecule has 1 heterocycles. The minimum atomic E-state index is 0.243. The summed E-state index contributed by atoms with van der Waals surface area (Å²) in [5, 5.41) is 3.89. The number of benzene rings is 1. The third-order valence-corrected chi connectivity index (χ3v) is 4.70. The Morgan fingerprint density at radius 1 is 1.10 bits per heavy atom. The lowest BCUT2D eigenvalue weighted by Gasteiger charge is -2.35. The first kappa shape index (κ1) is 13.9. The highest BCUT2D eigenvalue weighted by atomic mass is 16.5. The molecule has 1 N–H and O–H groups in total. The fourth-order valence-corrected chi connectivity index (χ4v) is 3.62. The average molecular weight is 273 g/mol. The average Bonchev–Trinajstić information content (AvgIpc) is 3.26. The molecule has 2 fully saturated rings. The Balaban J connectivity index is 1.83. The fourth-order valence-electron chi connectivity index (χ4n) is 3.62. The molecule has 1 aliphatic carbocycles. The molecule has 1 unspecified atom stereocenters. The van der Waals surface area contributed by atoms with Gasteiger partial charge in [0.2, 0.25) is 0 Å². The van der Waals surface area contributed by atoms with Crippen LogP contribution in [-0.2, 0) is 5.54 Å². The first-order valence-electron chi connectivity index (χ1n) is 8.23. The summed E-state index contributed by atoms with van der Waals surface area (Å²) in [4.78, 5) is 0. The van der Waals surface area contributed by atoms with Crippen molar-refractivity contribution >= 4 is 0 Å². The molecule has 2 aliphatic rings. The van der Waals surface area contributed by atoms with Gasteiger partial charge < -0.3 is 10.1 Å². The predicted octanol–water partition coefficient (Wildman–Crippen LogP) is 4.24. The third-order valence-electron chi connectivity index (χ3n) is 4.70. The summed E-state index contributed by atoms with van der Waals surface area (Å²) < 4.78 is 5.77. The van der Waals surface area contributed by atoms with Gasteiger partial charge in [0, 0.05) is 5.54 Å². The third kappa shape index (κ3) is 2.85. The second-order valence-electron chi connectivity index (χ2n) is 6.67. The van der Waals surface area contributed by atoms with Crippen LogP contribution >= 0.6 is 0 Å². The van der Waals surface area contributed by atoms with Gasteiger partial charge in [-0.25, -0.2) is 0 Å². The summed E-state index contributed by atoms with van der Waals surface area (Å²) in [7, 11) is 0. The molecule has 1 atom stereocenters. The Kier molecular flexibility index (Phi) is 4.02. The molecule has 0 spiro atoms. The fraction of sp³-hybridized carbons (Fsp3) is 0.667. The zero-order chi connectivity index (χ0) is 14.0. The van der Waals surface area contributed by atoms with Crippen LogP contribution in [0.1, 0.15) is 57.9 Å². The summed E-state index contributed by atoms with van der Waals surface area (Å²) in [6, 6.07) is 8.86. The molecule has 20 heavy (non-hydrogen) atoms. The van der Waals surface area contributed by atoms with Gasteiger partial charge in [-0.3, -0.25) is 0 Å². The van der Waals surface area contributed by atoms with Crippen LogP contribution < -0.4 is 10.1 Å². The Hall–Kier alpha value is -1.02. The van der Waals surface area contributed by atoms with E-state index in [9.17, 15) is 0 Å². The first-order chi connectivity index (χ1) is 9.71. The molecule has 1 aliphatic heterocycles. The number of hydrogen-bond acceptors (Lipinski definition) is 2. The van der Waals surface area contributed by atoms with E-state index in [-0.39, 0.29) is 11.6 Å². The van der Waals surface area contributed by atoms with Crippen LogP contribution in [0.5, 0.6) is 5.75 Å². The summed E-state index contributed by atoms with van der Waals surface area (Å²) in [6.07, 6.45) is 8.36. The zero-order valence-corrected chi connectivity index (χ0v) is 12.8. The van der Waals surface area contributed by atoms with Crippen LogP contribution in [-0.4, -0.2) is 12.6 Å². The van der Waals surface area contributed by atoms with Crippen molar-refractivity contribution in [1.82, 2.24) is 5.32 Å². The van der Waals surface area contributed by atoms with E-state index in [1.54, 1.807) is 0 Å². The van der Waals surface area contributed by atoms with E-state index < -0.39 is 0 Å². The van der Waals surface area contributed by atoms with Gasteiger partial charge in [-0.2, -0.15) is 0 Å². The normalized spacial score (nSPS) is 27.4. The zero-order valence-electron chi connectivity index (χ0n) is 12.8. The highest BCUT2D eigenvalue weighted by molar-refractivity contribution is 5.34. The van der Waals surface area contributed by atoms with Crippen molar-refractivity contribution in [3.63, 3.8) is 0 Å². The van der Waals surface area contributed by atoms with Crippen LogP contribution in [0.25, 0.3) is 0 Å². The van der Waals surface area contributed by atoms with Crippen molar-refractivity contribution in [1.29, 1.82) is 0 Å². The molecule has 0 aromatic heterocycles. The molecule has 0 bridgehead atoms. The van der Waals surface area contributed by atoms with Crippen LogP contribution in [0.3, 0.4) is 0 Å². The van der Waals surface area contributed by atoms with E-state index >= 15 is 0 Å². The maximum Gasteiger partial charge on any atom is 0.119 e. The topological polar surface area (TPSA) is 21.3 Å². The minimum absolute atomic E-state index is 0.243. The lowest BCUT2D eigenvalue weighted by molar-refractivity contribution is 0.241. The maximum absolute atomic E-state index is 5.77. The van der Waals surface area contributed by atoms with Crippen molar-refractivity contribution < 1.29 is 4.74 Å². The van der Waals surface area contributed by atoms with E-state index in [2.05, 4.69) is 43.4 Å². The Morgan fingerprint density at radius 3 is 2.50 bits per heavy atom. The van der Waals surface area contributed by atoms with E-state index in [0.717, 1.165) is 11.7 Å². The van der Waals surface area contributed by atoms with E-state index in [1.165, 1.54) is 50.6 Å². The van der Waals surface area contributed by atoms with Crippen LogP contribution in [0.15, 0.2) is 24.3 Å². The molecule has 1 saturated heterocycles. The summed E-state index contributed by atoms with van der Waals surface area (Å²) >= 11 is 0. The van der Waals surface area contributed by atoms with Gasteiger partial charge in [-0.05, 0) is 69.7 Å². The van der Waals surface area contributed by atoms with Crippen molar-refractivity contribution in [2.45, 2.75) is 64.0 Å². The minimum Gasteiger partial charge on any atom is -0.491 e. The quantitative estimate of drug-likeness (QED) is 0.886. The Bertz CT molecular complexity index is 425. The summed E-state index contributed by atoms with van der Waals surface area (Å²) in [5.41, 5.74) is 1.71. The Labute approximate surface area is 122 Å². The monoisotopic (exact) mass is 273 g/mol. The number of nitrogens with one attached hydrogen (secondary N) is 1. The van der Waals surface area contributed by atoms with Crippen molar-refractivity contribution in [3.8, 4) is 5.75 Å². The predicted molar refractivity (Wildman–Crippen MR) is 83.1 cm³/mol. The molecule has 1 saturated carbocycles. The number of hydrogen-bond donors (Lipinski definition) is 1.